The minimum absolute atomic E-state index is 0.0254. The van der Waals surface area contributed by atoms with E-state index in [-0.39, 0.29) is 38.4 Å². The number of ether oxygens (including phenoxy) is 3. The van der Waals surface area contributed by atoms with Crippen molar-refractivity contribution in [3.8, 4) is 0 Å². The van der Waals surface area contributed by atoms with Crippen molar-refractivity contribution in [1.29, 1.82) is 0 Å². The van der Waals surface area contributed by atoms with Gasteiger partial charge in [0.2, 0.25) is 12.2 Å². The zero-order valence-electron chi connectivity index (χ0n) is 16.1. The monoisotopic (exact) mass is 409 g/mol. The van der Waals surface area contributed by atoms with Gasteiger partial charge in [0.15, 0.2) is 5.54 Å². The van der Waals surface area contributed by atoms with Gasteiger partial charge < -0.3 is 19.5 Å². The highest BCUT2D eigenvalue weighted by Crippen LogP contribution is 2.36. The summed E-state index contributed by atoms with van der Waals surface area (Å²) in [5, 5.41) is 2.37. The van der Waals surface area contributed by atoms with E-state index in [1.165, 1.54) is 19.1 Å². The Kier molecular flexibility index (Phi) is 10.0. The molecule has 11 nitrogen and oxygen atoms in total. The third-order valence-electron chi connectivity index (χ3n) is 4.10. The Morgan fingerprint density at radius 3 is 2.52 bits per heavy atom. The van der Waals surface area contributed by atoms with Crippen LogP contribution in [0.4, 0.5) is 4.79 Å². The van der Waals surface area contributed by atoms with Gasteiger partial charge in [0.05, 0.1) is 25.8 Å². The predicted octanol–water partition coefficient (Wildman–Crippen LogP) is 0.728. The lowest BCUT2D eigenvalue weighted by atomic mass is 9.94. The number of carbonyl (C=O) groups excluding carboxylic acids is 5. The van der Waals surface area contributed by atoms with Crippen LogP contribution in [-0.2, 0) is 33.4 Å². The number of aliphatic imine (C=N–C) groups is 2. The van der Waals surface area contributed by atoms with Crippen LogP contribution in [0.2, 0.25) is 0 Å². The van der Waals surface area contributed by atoms with Crippen LogP contribution in [0.3, 0.4) is 0 Å². The van der Waals surface area contributed by atoms with Gasteiger partial charge in [-0.15, -0.1) is 0 Å². The van der Waals surface area contributed by atoms with Gasteiger partial charge in [0.1, 0.15) is 6.61 Å². The van der Waals surface area contributed by atoms with Crippen molar-refractivity contribution >= 4 is 30.2 Å². The molecule has 1 aliphatic rings. The second kappa shape index (κ2) is 12.2. The molecule has 0 saturated heterocycles. The number of isocyanates is 2. The molecule has 0 radical (unpaired) electrons. The smallest absolute Gasteiger partial charge is 0.407 e. The Balaban J connectivity index is 2.30. The Morgan fingerprint density at radius 1 is 1.14 bits per heavy atom. The minimum Gasteiger partial charge on any atom is -0.462 e. The van der Waals surface area contributed by atoms with Crippen LogP contribution in [0.25, 0.3) is 0 Å². The van der Waals surface area contributed by atoms with Gasteiger partial charge in [-0.25, -0.2) is 24.0 Å². The molecule has 0 aliphatic heterocycles. The summed E-state index contributed by atoms with van der Waals surface area (Å²) < 4.78 is 14.8. The van der Waals surface area contributed by atoms with Crippen molar-refractivity contribution in [1.82, 2.24) is 5.32 Å². The van der Waals surface area contributed by atoms with Crippen LogP contribution < -0.4 is 5.32 Å². The molecule has 1 rings (SSSR count). The molecule has 1 N–H and O–H groups in total. The summed E-state index contributed by atoms with van der Waals surface area (Å²) in [6.45, 7) is 4.83. The summed E-state index contributed by atoms with van der Waals surface area (Å²) in [4.78, 5) is 63.4. The van der Waals surface area contributed by atoms with Crippen LogP contribution in [0.5, 0.6) is 0 Å². The summed E-state index contributed by atoms with van der Waals surface area (Å²) in [6, 6.07) is -0.828. The molecule has 0 aromatic rings. The molecule has 2 unspecified atom stereocenters. The predicted molar refractivity (Wildman–Crippen MR) is 97.3 cm³/mol. The number of hydrogen-bond donors (Lipinski definition) is 1. The fourth-order valence-corrected chi connectivity index (χ4v) is 2.69. The van der Waals surface area contributed by atoms with Gasteiger partial charge in [-0.3, -0.25) is 0 Å². The molecule has 1 saturated carbocycles. The molecule has 1 fully saturated rings. The van der Waals surface area contributed by atoms with Gasteiger partial charge >= 0.3 is 18.0 Å². The summed E-state index contributed by atoms with van der Waals surface area (Å²) in [6.07, 6.45) is 3.40. The molecule has 158 valence electrons. The maximum atomic E-state index is 12.4. The lowest BCUT2D eigenvalue weighted by molar-refractivity contribution is -0.150. The van der Waals surface area contributed by atoms with Crippen molar-refractivity contribution in [2.45, 2.75) is 44.2 Å². The lowest BCUT2D eigenvalue weighted by Gasteiger charge is -2.24. The lowest BCUT2D eigenvalue weighted by Crippen LogP contribution is -2.45. The Hall–Kier alpha value is -3.29. The standard InChI is InChI=1S/C18H23N3O8/c1-13(2)15(24)27-8-4-9-29-17(26)19-7-10-28-16(25)18(21-12-23)6-3-5-14(18)20-11-22/h14H,1,3-10H2,2H3,(H,19,26). The molecule has 11 heteroatoms. The SMILES string of the molecule is C=C(C)C(=O)OCCCOC(=O)NCCOC(=O)C1(N=C=O)CCCC1N=C=O. The fraction of sp³-hybridized carbons (Fsp3) is 0.611. The normalized spacial score (nSPS) is 19.8. The molecule has 1 amide bonds. The summed E-state index contributed by atoms with van der Waals surface area (Å²) in [5.74, 6) is -1.34. The van der Waals surface area contributed by atoms with E-state index in [0.717, 1.165) is 0 Å². The average molecular weight is 409 g/mol. The van der Waals surface area contributed by atoms with Crippen LogP contribution >= 0.6 is 0 Å². The van der Waals surface area contributed by atoms with E-state index < -0.39 is 29.6 Å². The third-order valence-corrected chi connectivity index (χ3v) is 4.10. The molecule has 2 atom stereocenters. The highest BCUT2D eigenvalue weighted by atomic mass is 16.6. The zero-order chi connectivity index (χ0) is 21.7. The Labute approximate surface area is 167 Å². The van der Waals surface area contributed by atoms with Gasteiger partial charge in [-0.1, -0.05) is 6.58 Å². The van der Waals surface area contributed by atoms with Gasteiger partial charge in [-0.2, -0.15) is 9.98 Å². The molecule has 29 heavy (non-hydrogen) atoms. The quantitative estimate of drug-likeness (QED) is 0.131. The van der Waals surface area contributed by atoms with E-state index in [9.17, 15) is 24.0 Å². The first-order valence-electron chi connectivity index (χ1n) is 8.94. The maximum Gasteiger partial charge on any atom is 0.407 e. The topological polar surface area (TPSA) is 150 Å². The van der Waals surface area contributed by atoms with Crippen molar-refractivity contribution in [3.63, 3.8) is 0 Å². The molecular formula is C18H23N3O8. The van der Waals surface area contributed by atoms with Crippen molar-refractivity contribution in [2.75, 3.05) is 26.4 Å². The largest absolute Gasteiger partial charge is 0.462 e. The van der Waals surface area contributed by atoms with Crippen LogP contribution in [0.15, 0.2) is 22.1 Å². The molecule has 0 heterocycles. The Morgan fingerprint density at radius 2 is 1.86 bits per heavy atom. The molecular weight excluding hydrogens is 386 g/mol. The van der Waals surface area contributed by atoms with E-state index in [4.69, 9.17) is 14.2 Å². The first-order valence-corrected chi connectivity index (χ1v) is 8.94. The maximum absolute atomic E-state index is 12.4. The van der Waals surface area contributed by atoms with Crippen LogP contribution in [0, 0.1) is 0 Å². The summed E-state index contributed by atoms with van der Waals surface area (Å²) in [5.41, 5.74) is -1.30. The summed E-state index contributed by atoms with van der Waals surface area (Å²) in [7, 11) is 0. The van der Waals surface area contributed by atoms with Crippen LogP contribution in [0.1, 0.15) is 32.6 Å². The third kappa shape index (κ3) is 7.33. The molecule has 0 spiro atoms. The molecule has 0 aromatic carbocycles. The van der Waals surface area contributed by atoms with E-state index in [1.54, 1.807) is 0 Å². The van der Waals surface area contributed by atoms with Crippen molar-refractivity contribution in [3.05, 3.63) is 12.2 Å². The highest BCUT2D eigenvalue weighted by Gasteiger charge is 2.51. The number of nitrogens with one attached hydrogen (secondary N) is 1. The van der Waals surface area contributed by atoms with Crippen molar-refractivity contribution < 1.29 is 38.2 Å². The molecule has 1 aliphatic carbocycles. The van der Waals surface area contributed by atoms with Gasteiger partial charge in [-0.05, 0) is 26.2 Å². The van der Waals surface area contributed by atoms with E-state index in [2.05, 4.69) is 21.9 Å². The van der Waals surface area contributed by atoms with Crippen LogP contribution in [-0.4, -0.2) is 68.1 Å². The highest BCUT2D eigenvalue weighted by molar-refractivity contribution is 5.86. The first kappa shape index (κ1) is 23.7. The number of esters is 2. The first-order chi connectivity index (χ1) is 13.9. The van der Waals surface area contributed by atoms with E-state index >= 15 is 0 Å². The number of amides is 1. The number of alkyl carbamates (subject to hydrolysis) is 1. The number of rotatable bonds is 11. The number of hydrogen-bond acceptors (Lipinski definition) is 10. The summed E-state index contributed by atoms with van der Waals surface area (Å²) >= 11 is 0. The second-order valence-electron chi connectivity index (χ2n) is 6.22. The average Bonchev–Trinajstić information content (AvgIpc) is 3.08. The fourth-order valence-electron chi connectivity index (χ4n) is 2.69. The van der Waals surface area contributed by atoms with E-state index in [1.807, 2.05) is 0 Å². The Bertz CT molecular complexity index is 725. The van der Waals surface area contributed by atoms with Crippen molar-refractivity contribution in [2.24, 2.45) is 9.98 Å². The van der Waals surface area contributed by atoms with Gasteiger partial charge in [0.25, 0.3) is 0 Å². The second-order valence-corrected chi connectivity index (χ2v) is 6.22. The number of carbonyl (C=O) groups is 3. The molecule has 0 bridgehead atoms. The van der Waals surface area contributed by atoms with Gasteiger partial charge in [0, 0.05) is 12.0 Å². The zero-order valence-corrected chi connectivity index (χ0v) is 16.1. The molecule has 0 aromatic heterocycles. The minimum atomic E-state index is -1.58. The van der Waals surface area contributed by atoms with E-state index in [0.29, 0.717) is 19.3 Å². The number of nitrogens with zero attached hydrogens (tertiary/aromatic N) is 2.